The molecule has 0 aliphatic rings. The number of carbonyl (C=O) groups excluding carboxylic acids is 1. The zero-order valence-electron chi connectivity index (χ0n) is 6.62. The van der Waals surface area contributed by atoms with E-state index in [4.69, 9.17) is 11.6 Å². The molecule has 1 nitrogen and oxygen atoms in total. The number of ketones is 1. The van der Waals surface area contributed by atoms with Gasteiger partial charge in [0.15, 0.2) is 5.78 Å². The van der Waals surface area contributed by atoms with Crippen molar-refractivity contribution in [2.45, 2.75) is 17.2 Å². The number of carbonyl (C=O) groups is 1. The second-order valence-electron chi connectivity index (χ2n) is 2.56. The van der Waals surface area contributed by atoms with E-state index in [1.165, 1.54) is 6.92 Å². The molecule has 64 valence electrons. The van der Waals surface area contributed by atoms with E-state index in [0.717, 1.165) is 10.5 Å². The summed E-state index contributed by atoms with van der Waals surface area (Å²) in [5.41, 5.74) is 0.821. The minimum Gasteiger partial charge on any atom is -0.298 e. The summed E-state index contributed by atoms with van der Waals surface area (Å²) in [5, 5.41) is -0.529. The van der Waals surface area contributed by atoms with Gasteiger partial charge < -0.3 is 0 Å². The van der Waals surface area contributed by atoms with E-state index in [1.54, 1.807) is 12.1 Å². The molecule has 0 N–H and O–H groups in total. The van der Waals surface area contributed by atoms with E-state index in [-0.39, 0.29) is 5.78 Å². The van der Waals surface area contributed by atoms with Crippen LogP contribution in [-0.2, 0) is 4.79 Å². The molecule has 1 aromatic carbocycles. The molecule has 0 heterocycles. The maximum Gasteiger partial charge on any atom is 0.152 e. The number of hydrogen-bond donors (Lipinski definition) is 1. The molecule has 0 aliphatic carbocycles. The molecule has 12 heavy (non-hydrogen) atoms. The maximum atomic E-state index is 10.9. The van der Waals surface area contributed by atoms with E-state index in [9.17, 15) is 4.79 Å². The van der Waals surface area contributed by atoms with Crippen molar-refractivity contribution < 1.29 is 4.79 Å². The van der Waals surface area contributed by atoms with Crippen molar-refractivity contribution in [3.05, 3.63) is 29.8 Å². The summed E-state index contributed by atoms with van der Waals surface area (Å²) in [6, 6.07) is 7.25. The zero-order valence-corrected chi connectivity index (χ0v) is 8.27. The molecule has 1 unspecified atom stereocenters. The number of thiol groups is 1. The van der Waals surface area contributed by atoms with Gasteiger partial charge in [0.05, 0.1) is 0 Å². The third-order valence-electron chi connectivity index (χ3n) is 1.54. The van der Waals surface area contributed by atoms with E-state index in [2.05, 4.69) is 12.6 Å². The number of halogens is 1. The van der Waals surface area contributed by atoms with Gasteiger partial charge in [0.2, 0.25) is 0 Å². The lowest BCUT2D eigenvalue weighted by atomic mass is 10.1. The molecule has 0 amide bonds. The Labute approximate surface area is 82.1 Å². The van der Waals surface area contributed by atoms with Crippen molar-refractivity contribution in [3.8, 4) is 0 Å². The first-order chi connectivity index (χ1) is 5.61. The van der Waals surface area contributed by atoms with E-state index >= 15 is 0 Å². The van der Waals surface area contributed by atoms with E-state index in [1.807, 2.05) is 12.1 Å². The summed E-state index contributed by atoms with van der Waals surface area (Å²) in [6.07, 6.45) is 0. The monoisotopic (exact) mass is 200 g/mol. The van der Waals surface area contributed by atoms with E-state index in [0.29, 0.717) is 0 Å². The summed E-state index contributed by atoms with van der Waals surface area (Å²) in [6.45, 7) is 1.48. The highest BCUT2D eigenvalue weighted by atomic mass is 35.5. The van der Waals surface area contributed by atoms with Gasteiger partial charge in [-0.1, -0.05) is 12.1 Å². The molecule has 1 atom stereocenters. The molecule has 0 spiro atoms. The molecule has 0 aromatic heterocycles. The molecule has 0 saturated heterocycles. The maximum absolute atomic E-state index is 10.9. The topological polar surface area (TPSA) is 17.1 Å². The molecule has 3 heteroatoms. The van der Waals surface area contributed by atoms with Gasteiger partial charge in [-0.05, 0) is 24.6 Å². The second kappa shape index (κ2) is 3.97. The highest BCUT2D eigenvalue weighted by molar-refractivity contribution is 7.80. The van der Waals surface area contributed by atoms with Crippen LogP contribution in [0.3, 0.4) is 0 Å². The summed E-state index contributed by atoms with van der Waals surface area (Å²) >= 11 is 9.94. The van der Waals surface area contributed by atoms with Gasteiger partial charge in [0.1, 0.15) is 5.38 Å². The van der Waals surface area contributed by atoms with Crippen molar-refractivity contribution in [1.29, 1.82) is 0 Å². The zero-order chi connectivity index (χ0) is 9.14. The van der Waals surface area contributed by atoms with Crippen LogP contribution < -0.4 is 0 Å². The Hall–Kier alpha value is -0.470. The quantitative estimate of drug-likeness (QED) is 0.574. The largest absolute Gasteiger partial charge is 0.298 e. The summed E-state index contributed by atoms with van der Waals surface area (Å²) in [5.74, 6) is -0.0384. The Morgan fingerprint density at radius 3 is 2.33 bits per heavy atom. The molecule has 1 rings (SSSR count). The van der Waals surface area contributed by atoms with Crippen molar-refractivity contribution >= 4 is 30.0 Å². The summed E-state index contributed by atoms with van der Waals surface area (Å²) in [7, 11) is 0. The van der Waals surface area contributed by atoms with Crippen molar-refractivity contribution in [2.75, 3.05) is 0 Å². The van der Waals surface area contributed by atoms with Gasteiger partial charge in [-0.3, -0.25) is 4.79 Å². The molecule has 0 radical (unpaired) electrons. The average Bonchev–Trinajstić information content (AvgIpc) is 2.04. The Kier molecular flexibility index (Phi) is 3.18. The van der Waals surface area contributed by atoms with Crippen LogP contribution in [0.4, 0.5) is 0 Å². The second-order valence-corrected chi connectivity index (χ2v) is 3.52. The fourth-order valence-electron chi connectivity index (χ4n) is 0.878. The highest BCUT2D eigenvalue weighted by Gasteiger charge is 2.11. The SMILES string of the molecule is CC(=O)C(Cl)c1ccc(S)cc1. The first-order valence-corrected chi connectivity index (χ1v) is 4.43. The van der Waals surface area contributed by atoms with Crippen molar-refractivity contribution in [2.24, 2.45) is 0 Å². The van der Waals surface area contributed by atoms with E-state index < -0.39 is 5.38 Å². The predicted octanol–water partition coefficient (Wildman–Crippen LogP) is 2.84. The first kappa shape index (κ1) is 9.62. The molecule has 0 fully saturated rings. The van der Waals surface area contributed by atoms with Crippen LogP contribution in [0.5, 0.6) is 0 Å². The van der Waals surface area contributed by atoms with Gasteiger partial charge in [0, 0.05) is 4.90 Å². The Balaban J connectivity index is 2.89. The smallest absolute Gasteiger partial charge is 0.152 e. The van der Waals surface area contributed by atoms with Crippen LogP contribution in [0.1, 0.15) is 17.9 Å². The van der Waals surface area contributed by atoms with Gasteiger partial charge in [0.25, 0.3) is 0 Å². The normalized spacial score (nSPS) is 12.6. The van der Waals surface area contributed by atoms with Crippen LogP contribution in [0.25, 0.3) is 0 Å². The van der Waals surface area contributed by atoms with Gasteiger partial charge in [-0.2, -0.15) is 0 Å². The number of benzene rings is 1. The summed E-state index contributed by atoms with van der Waals surface area (Å²) in [4.78, 5) is 11.7. The molecule has 0 bridgehead atoms. The lowest BCUT2D eigenvalue weighted by Gasteiger charge is -2.04. The van der Waals surface area contributed by atoms with Gasteiger partial charge >= 0.3 is 0 Å². The average molecular weight is 201 g/mol. The molecule has 0 aliphatic heterocycles. The van der Waals surface area contributed by atoms with Gasteiger partial charge in [-0.25, -0.2) is 0 Å². The number of Topliss-reactive ketones (excluding diaryl/α,β-unsaturated/α-hetero) is 1. The molecule has 0 saturated carbocycles. The van der Waals surface area contributed by atoms with Crippen LogP contribution in [0.2, 0.25) is 0 Å². The summed E-state index contributed by atoms with van der Waals surface area (Å²) < 4.78 is 0. The minimum atomic E-state index is -0.529. The van der Waals surface area contributed by atoms with Gasteiger partial charge in [-0.15, -0.1) is 24.2 Å². The number of hydrogen-bond acceptors (Lipinski definition) is 2. The Morgan fingerprint density at radius 1 is 1.42 bits per heavy atom. The van der Waals surface area contributed by atoms with Crippen LogP contribution in [-0.4, -0.2) is 5.78 Å². The Bertz CT molecular complexity index is 281. The van der Waals surface area contributed by atoms with Crippen LogP contribution in [0.15, 0.2) is 29.2 Å². The predicted molar refractivity (Wildman–Crippen MR) is 53.0 cm³/mol. The van der Waals surface area contributed by atoms with Crippen LogP contribution >= 0.6 is 24.2 Å². The molecular formula is C9H9ClOS. The molecule has 1 aromatic rings. The number of alkyl halides is 1. The fraction of sp³-hybridized carbons (Fsp3) is 0.222. The highest BCUT2D eigenvalue weighted by Crippen LogP contribution is 2.22. The first-order valence-electron chi connectivity index (χ1n) is 3.54. The fourth-order valence-corrected chi connectivity index (χ4v) is 1.17. The number of rotatable bonds is 2. The minimum absolute atomic E-state index is 0.0384. The third kappa shape index (κ3) is 2.26. The Morgan fingerprint density at radius 2 is 1.92 bits per heavy atom. The standard InChI is InChI=1S/C9H9ClOS/c1-6(11)9(10)7-2-4-8(12)5-3-7/h2-5,9,12H,1H3. The lowest BCUT2D eigenvalue weighted by molar-refractivity contribution is -0.116. The van der Waals surface area contributed by atoms with Crippen molar-refractivity contribution in [3.63, 3.8) is 0 Å². The third-order valence-corrected chi connectivity index (χ3v) is 2.40. The van der Waals surface area contributed by atoms with Crippen molar-refractivity contribution in [1.82, 2.24) is 0 Å². The van der Waals surface area contributed by atoms with Crippen LogP contribution in [0, 0.1) is 0 Å². The molecular weight excluding hydrogens is 192 g/mol. The lowest BCUT2D eigenvalue weighted by Crippen LogP contribution is -2.00.